The van der Waals surface area contributed by atoms with Gasteiger partial charge in [-0.2, -0.15) is 0 Å². The molecule has 0 aliphatic heterocycles. The molecule has 1 aliphatic rings. The number of carbonyl (C=O) groups is 1. The lowest BCUT2D eigenvalue weighted by Crippen LogP contribution is -2.15. The Balaban J connectivity index is 2.13. The Bertz CT molecular complexity index is 352. The van der Waals surface area contributed by atoms with Crippen LogP contribution in [0.2, 0.25) is 0 Å². The fourth-order valence-corrected chi connectivity index (χ4v) is 1.52. The van der Waals surface area contributed by atoms with Crippen molar-refractivity contribution in [2.45, 2.75) is 12.3 Å². The van der Waals surface area contributed by atoms with Gasteiger partial charge in [0.05, 0.1) is 0 Å². The Morgan fingerprint density at radius 3 is 2.46 bits per heavy atom. The number of carboxylic acids is 1. The van der Waals surface area contributed by atoms with Gasteiger partial charge in [-0.15, -0.1) is 0 Å². The lowest BCUT2D eigenvalue weighted by Gasteiger charge is -2.22. The van der Waals surface area contributed by atoms with Crippen molar-refractivity contribution in [1.29, 1.82) is 0 Å². The van der Waals surface area contributed by atoms with Gasteiger partial charge >= 0.3 is 5.97 Å². The lowest BCUT2D eigenvalue weighted by molar-refractivity contribution is -0.133. The summed E-state index contributed by atoms with van der Waals surface area (Å²) in [6.07, 6.45) is 2.48. The average Bonchev–Trinajstić information content (AvgIpc) is 2.02. The molecule has 66 valence electrons. The largest absolute Gasteiger partial charge is 0.478 e. The minimum Gasteiger partial charge on any atom is -0.478 e. The molecule has 0 aromatic heterocycles. The summed E-state index contributed by atoms with van der Waals surface area (Å²) in [5.41, 5.74) is 1.74. The zero-order valence-corrected chi connectivity index (χ0v) is 7.10. The molecule has 0 saturated heterocycles. The quantitative estimate of drug-likeness (QED) is 0.746. The molecule has 2 rings (SSSR count). The van der Waals surface area contributed by atoms with E-state index in [1.54, 1.807) is 0 Å². The fourth-order valence-electron chi connectivity index (χ4n) is 1.52. The summed E-state index contributed by atoms with van der Waals surface area (Å²) < 4.78 is 0. The number of allylic oxidation sites excluding steroid dienone is 1. The highest BCUT2D eigenvalue weighted by Crippen LogP contribution is 2.34. The first-order valence-corrected chi connectivity index (χ1v) is 4.26. The monoisotopic (exact) mass is 174 g/mol. The van der Waals surface area contributed by atoms with Crippen molar-refractivity contribution in [2.75, 3.05) is 0 Å². The standard InChI is InChI=1S/C11H10O2/c12-11(13)10-6-9(7-10)8-4-2-1-3-5-8/h1-6,9H,7H2,(H,12,13). The molecule has 1 N–H and O–H groups in total. The number of hydrogen-bond donors (Lipinski definition) is 1. The van der Waals surface area contributed by atoms with Crippen molar-refractivity contribution >= 4 is 5.97 Å². The van der Waals surface area contributed by atoms with Crippen molar-refractivity contribution in [3.8, 4) is 0 Å². The third-order valence-electron chi connectivity index (χ3n) is 2.34. The third kappa shape index (κ3) is 1.47. The SMILES string of the molecule is O=C(O)C1=CC(c2ccccc2)C1. The van der Waals surface area contributed by atoms with Crippen molar-refractivity contribution < 1.29 is 9.90 Å². The summed E-state index contributed by atoms with van der Waals surface area (Å²) in [4.78, 5) is 10.5. The molecule has 0 bridgehead atoms. The lowest BCUT2D eigenvalue weighted by atomic mass is 9.81. The second-order valence-electron chi connectivity index (χ2n) is 3.22. The normalized spacial score (nSPS) is 20.3. The van der Waals surface area contributed by atoms with E-state index >= 15 is 0 Å². The molecule has 0 heterocycles. The summed E-state index contributed by atoms with van der Waals surface area (Å²) in [6, 6.07) is 9.97. The number of aliphatic carboxylic acids is 1. The summed E-state index contributed by atoms with van der Waals surface area (Å²) in [6.45, 7) is 0. The maximum atomic E-state index is 10.5. The number of benzene rings is 1. The first-order valence-electron chi connectivity index (χ1n) is 4.26. The van der Waals surface area contributed by atoms with Gasteiger partial charge in [0.25, 0.3) is 0 Å². The van der Waals surface area contributed by atoms with E-state index in [9.17, 15) is 4.79 Å². The average molecular weight is 174 g/mol. The van der Waals surface area contributed by atoms with Crippen molar-refractivity contribution in [1.82, 2.24) is 0 Å². The zero-order chi connectivity index (χ0) is 9.26. The van der Waals surface area contributed by atoms with Crippen LogP contribution < -0.4 is 0 Å². The van der Waals surface area contributed by atoms with Crippen molar-refractivity contribution in [3.05, 3.63) is 47.5 Å². The van der Waals surface area contributed by atoms with E-state index in [-0.39, 0.29) is 0 Å². The first-order chi connectivity index (χ1) is 6.27. The van der Waals surface area contributed by atoms with Crippen molar-refractivity contribution in [2.24, 2.45) is 0 Å². The Morgan fingerprint density at radius 2 is 1.92 bits per heavy atom. The van der Waals surface area contributed by atoms with E-state index in [0.717, 1.165) is 0 Å². The number of rotatable bonds is 2. The molecule has 0 amide bonds. The minimum absolute atomic E-state index is 0.312. The molecular formula is C11H10O2. The second kappa shape index (κ2) is 3.05. The summed E-state index contributed by atoms with van der Waals surface area (Å²) in [5, 5.41) is 8.63. The molecule has 1 aromatic rings. The maximum absolute atomic E-state index is 10.5. The first kappa shape index (κ1) is 8.05. The molecule has 1 unspecified atom stereocenters. The molecule has 1 aromatic carbocycles. The Hall–Kier alpha value is -1.57. The van der Waals surface area contributed by atoms with Gasteiger partial charge in [0.15, 0.2) is 0 Å². The van der Waals surface area contributed by atoms with Crippen LogP contribution in [0, 0.1) is 0 Å². The van der Waals surface area contributed by atoms with E-state index < -0.39 is 5.97 Å². The molecule has 2 nitrogen and oxygen atoms in total. The molecule has 0 fully saturated rings. The molecule has 2 heteroatoms. The van der Waals surface area contributed by atoms with E-state index in [1.807, 2.05) is 36.4 Å². The Kier molecular flexibility index (Phi) is 1.89. The smallest absolute Gasteiger partial charge is 0.331 e. The number of hydrogen-bond acceptors (Lipinski definition) is 1. The van der Waals surface area contributed by atoms with Crippen molar-refractivity contribution in [3.63, 3.8) is 0 Å². The maximum Gasteiger partial charge on any atom is 0.331 e. The fraction of sp³-hybridized carbons (Fsp3) is 0.182. The highest BCUT2D eigenvalue weighted by molar-refractivity contribution is 5.88. The molecule has 0 spiro atoms. The summed E-state index contributed by atoms with van der Waals surface area (Å²) in [5.74, 6) is -0.473. The Labute approximate surface area is 76.5 Å². The zero-order valence-electron chi connectivity index (χ0n) is 7.10. The second-order valence-corrected chi connectivity index (χ2v) is 3.22. The van der Waals surface area contributed by atoms with Gasteiger partial charge in [-0.05, 0) is 12.0 Å². The van der Waals surface area contributed by atoms with E-state index in [2.05, 4.69) is 0 Å². The summed E-state index contributed by atoms with van der Waals surface area (Å²) in [7, 11) is 0. The van der Waals surface area contributed by atoms with Gasteiger partial charge in [0.1, 0.15) is 0 Å². The topological polar surface area (TPSA) is 37.3 Å². The predicted molar refractivity (Wildman–Crippen MR) is 49.5 cm³/mol. The van der Waals surface area contributed by atoms with Crippen LogP contribution in [-0.2, 0) is 4.79 Å². The van der Waals surface area contributed by atoms with E-state index in [4.69, 9.17) is 5.11 Å². The van der Waals surface area contributed by atoms with Gasteiger partial charge in [-0.1, -0.05) is 36.4 Å². The molecule has 1 aliphatic carbocycles. The van der Waals surface area contributed by atoms with Crippen LogP contribution in [0.1, 0.15) is 17.9 Å². The van der Waals surface area contributed by atoms with E-state index in [1.165, 1.54) is 5.56 Å². The molecule has 0 radical (unpaired) electrons. The van der Waals surface area contributed by atoms with Crippen LogP contribution in [0.5, 0.6) is 0 Å². The predicted octanol–water partition coefficient (Wildman–Crippen LogP) is 2.18. The highest BCUT2D eigenvalue weighted by atomic mass is 16.4. The van der Waals surface area contributed by atoms with Gasteiger partial charge in [0, 0.05) is 11.5 Å². The van der Waals surface area contributed by atoms with Crippen LogP contribution in [0.3, 0.4) is 0 Å². The van der Waals surface area contributed by atoms with Crippen LogP contribution in [0.25, 0.3) is 0 Å². The Morgan fingerprint density at radius 1 is 1.31 bits per heavy atom. The highest BCUT2D eigenvalue weighted by Gasteiger charge is 2.24. The molecule has 0 saturated carbocycles. The van der Waals surface area contributed by atoms with Gasteiger partial charge in [-0.25, -0.2) is 4.79 Å². The van der Waals surface area contributed by atoms with Crippen LogP contribution >= 0.6 is 0 Å². The van der Waals surface area contributed by atoms with Gasteiger partial charge < -0.3 is 5.11 Å². The molecular weight excluding hydrogens is 164 g/mol. The third-order valence-corrected chi connectivity index (χ3v) is 2.34. The van der Waals surface area contributed by atoms with Crippen LogP contribution in [-0.4, -0.2) is 11.1 Å². The van der Waals surface area contributed by atoms with Gasteiger partial charge in [-0.3, -0.25) is 0 Å². The van der Waals surface area contributed by atoms with E-state index in [0.29, 0.717) is 17.9 Å². The van der Waals surface area contributed by atoms with Gasteiger partial charge in [0.2, 0.25) is 0 Å². The molecule has 13 heavy (non-hydrogen) atoms. The molecule has 1 atom stereocenters. The van der Waals surface area contributed by atoms with Crippen LogP contribution in [0.15, 0.2) is 42.0 Å². The van der Waals surface area contributed by atoms with Crippen LogP contribution in [0.4, 0.5) is 0 Å². The minimum atomic E-state index is -0.785. The number of carboxylic acid groups (broad SMARTS) is 1. The summed E-state index contributed by atoms with van der Waals surface area (Å²) >= 11 is 0.